The Hall–Kier alpha value is -1.81. The van der Waals surface area contributed by atoms with Crippen molar-refractivity contribution in [3.63, 3.8) is 0 Å². The number of rotatable bonds is 7. The van der Waals surface area contributed by atoms with Crippen LogP contribution in [0.4, 0.5) is 0 Å². The first-order valence-electron chi connectivity index (χ1n) is 6.18. The summed E-state index contributed by atoms with van der Waals surface area (Å²) in [6, 6.07) is 0. The molecule has 1 atom stereocenters. The summed E-state index contributed by atoms with van der Waals surface area (Å²) >= 11 is 0. The average molecular weight is 283 g/mol. The standard InChI is InChI=1S/C11H17N5O4/c17-2-1-16(3-7(19)5-18)4-8-9-10(15-14-8)11(20)13-6-12-9/h6-7,17-19H,1-5H2,(H,14,15)(H,12,13,20)/t7-/m0/s1. The summed E-state index contributed by atoms with van der Waals surface area (Å²) in [7, 11) is 0. The number of fused-ring (bicyclic) bond motifs is 1. The lowest BCUT2D eigenvalue weighted by molar-refractivity contribution is 0.0507. The zero-order valence-corrected chi connectivity index (χ0v) is 10.8. The van der Waals surface area contributed by atoms with Crippen molar-refractivity contribution in [2.24, 2.45) is 0 Å². The van der Waals surface area contributed by atoms with Crippen LogP contribution in [0.3, 0.4) is 0 Å². The molecule has 2 heterocycles. The predicted molar refractivity (Wildman–Crippen MR) is 70.0 cm³/mol. The Morgan fingerprint density at radius 1 is 1.35 bits per heavy atom. The molecule has 2 aromatic heterocycles. The third kappa shape index (κ3) is 3.20. The molecule has 110 valence electrons. The summed E-state index contributed by atoms with van der Waals surface area (Å²) in [5, 5.41) is 34.0. The molecule has 0 saturated heterocycles. The van der Waals surface area contributed by atoms with Gasteiger partial charge in [-0.1, -0.05) is 0 Å². The molecule has 0 spiro atoms. The topological polar surface area (TPSA) is 138 Å². The van der Waals surface area contributed by atoms with Crippen LogP contribution < -0.4 is 5.56 Å². The number of H-pyrrole nitrogens is 2. The van der Waals surface area contributed by atoms with E-state index in [4.69, 9.17) is 10.2 Å². The van der Waals surface area contributed by atoms with Crippen LogP contribution in [-0.4, -0.2) is 72.8 Å². The van der Waals surface area contributed by atoms with Gasteiger partial charge < -0.3 is 20.3 Å². The van der Waals surface area contributed by atoms with Gasteiger partial charge in [0, 0.05) is 19.6 Å². The van der Waals surface area contributed by atoms with Gasteiger partial charge in [-0.25, -0.2) is 4.98 Å². The molecule has 0 aliphatic rings. The van der Waals surface area contributed by atoms with E-state index in [2.05, 4.69) is 20.2 Å². The van der Waals surface area contributed by atoms with Gasteiger partial charge >= 0.3 is 0 Å². The van der Waals surface area contributed by atoms with Gasteiger partial charge in [0.25, 0.3) is 5.56 Å². The Balaban J connectivity index is 2.20. The molecule has 0 unspecified atom stereocenters. The van der Waals surface area contributed by atoms with Crippen LogP contribution in [0, 0.1) is 0 Å². The van der Waals surface area contributed by atoms with Crippen molar-refractivity contribution in [3.05, 3.63) is 22.4 Å². The monoisotopic (exact) mass is 283 g/mol. The minimum absolute atomic E-state index is 0.0851. The number of nitrogens with one attached hydrogen (secondary N) is 2. The molecule has 0 saturated carbocycles. The van der Waals surface area contributed by atoms with E-state index in [0.29, 0.717) is 24.3 Å². The summed E-state index contributed by atoms with van der Waals surface area (Å²) in [5.74, 6) is 0. The first kappa shape index (κ1) is 14.6. The summed E-state index contributed by atoms with van der Waals surface area (Å²) in [6.45, 7) is 0.397. The molecule has 0 bridgehead atoms. The summed E-state index contributed by atoms with van der Waals surface area (Å²) in [4.78, 5) is 19.8. The van der Waals surface area contributed by atoms with E-state index in [1.807, 2.05) is 0 Å². The second kappa shape index (κ2) is 6.57. The highest BCUT2D eigenvalue weighted by atomic mass is 16.3. The Morgan fingerprint density at radius 2 is 2.15 bits per heavy atom. The summed E-state index contributed by atoms with van der Waals surface area (Å²) < 4.78 is 0. The fraction of sp³-hybridized carbons (Fsp3) is 0.545. The van der Waals surface area contributed by atoms with Crippen molar-refractivity contribution in [2.45, 2.75) is 12.6 Å². The lowest BCUT2D eigenvalue weighted by atomic mass is 10.3. The molecule has 0 aliphatic heterocycles. The number of hydrogen-bond donors (Lipinski definition) is 5. The van der Waals surface area contributed by atoms with Gasteiger partial charge in [-0.15, -0.1) is 0 Å². The molecular formula is C11H17N5O4. The number of aliphatic hydroxyl groups is 3. The third-order valence-corrected chi connectivity index (χ3v) is 2.89. The highest BCUT2D eigenvalue weighted by Gasteiger charge is 2.15. The molecule has 0 aliphatic carbocycles. The maximum atomic E-state index is 11.5. The van der Waals surface area contributed by atoms with Crippen LogP contribution in [0.5, 0.6) is 0 Å². The third-order valence-electron chi connectivity index (χ3n) is 2.89. The normalized spacial score (nSPS) is 13.2. The minimum Gasteiger partial charge on any atom is -0.395 e. The molecule has 9 nitrogen and oxygen atoms in total. The second-order valence-electron chi connectivity index (χ2n) is 4.43. The SMILES string of the molecule is O=c1[nH]cnc2c(CN(CCO)C[C@H](O)CO)[nH]nc12. The van der Waals surface area contributed by atoms with Crippen molar-refractivity contribution < 1.29 is 15.3 Å². The number of hydrogen-bond acceptors (Lipinski definition) is 7. The molecule has 9 heteroatoms. The van der Waals surface area contributed by atoms with Crippen LogP contribution in [-0.2, 0) is 6.54 Å². The predicted octanol–water partition coefficient (Wildman–Crippen LogP) is -2.21. The second-order valence-corrected chi connectivity index (χ2v) is 4.43. The van der Waals surface area contributed by atoms with Gasteiger partial charge in [0.05, 0.1) is 31.3 Å². The van der Waals surface area contributed by atoms with Crippen LogP contribution in [0.2, 0.25) is 0 Å². The summed E-state index contributed by atoms with van der Waals surface area (Å²) in [5.41, 5.74) is 0.954. The zero-order chi connectivity index (χ0) is 14.5. The van der Waals surface area contributed by atoms with Crippen LogP contribution in [0.15, 0.2) is 11.1 Å². The molecule has 5 N–H and O–H groups in total. The largest absolute Gasteiger partial charge is 0.395 e. The highest BCUT2D eigenvalue weighted by molar-refractivity contribution is 5.75. The number of aliphatic hydroxyl groups excluding tert-OH is 3. The van der Waals surface area contributed by atoms with Gasteiger partial charge in [0.15, 0.2) is 5.52 Å². The maximum Gasteiger partial charge on any atom is 0.279 e. The number of aromatic amines is 2. The molecule has 0 radical (unpaired) electrons. The maximum absolute atomic E-state index is 11.5. The van der Waals surface area contributed by atoms with E-state index >= 15 is 0 Å². The van der Waals surface area contributed by atoms with Crippen LogP contribution >= 0.6 is 0 Å². The molecule has 2 aromatic rings. The minimum atomic E-state index is -0.896. The number of aromatic nitrogens is 4. The van der Waals surface area contributed by atoms with E-state index in [-0.39, 0.29) is 30.8 Å². The van der Waals surface area contributed by atoms with Crippen molar-refractivity contribution in [1.29, 1.82) is 0 Å². The fourth-order valence-corrected chi connectivity index (χ4v) is 1.96. The molecular weight excluding hydrogens is 266 g/mol. The van der Waals surface area contributed by atoms with E-state index in [1.165, 1.54) is 6.33 Å². The lowest BCUT2D eigenvalue weighted by Crippen LogP contribution is -2.36. The quantitative estimate of drug-likeness (QED) is 0.388. The van der Waals surface area contributed by atoms with Crippen molar-refractivity contribution in [1.82, 2.24) is 25.1 Å². The lowest BCUT2D eigenvalue weighted by Gasteiger charge is -2.22. The Morgan fingerprint density at radius 3 is 2.85 bits per heavy atom. The first-order valence-corrected chi connectivity index (χ1v) is 6.18. The van der Waals surface area contributed by atoms with Gasteiger partial charge in [0.2, 0.25) is 0 Å². The Labute approximate surface area is 113 Å². The van der Waals surface area contributed by atoms with Crippen LogP contribution in [0.25, 0.3) is 11.0 Å². The molecule has 0 fully saturated rings. The highest BCUT2D eigenvalue weighted by Crippen LogP contribution is 2.11. The van der Waals surface area contributed by atoms with Gasteiger partial charge in [-0.3, -0.25) is 14.8 Å². The molecule has 2 rings (SSSR count). The molecule has 0 aromatic carbocycles. The number of nitrogens with zero attached hydrogens (tertiary/aromatic N) is 3. The van der Waals surface area contributed by atoms with Gasteiger partial charge in [0.1, 0.15) is 5.52 Å². The zero-order valence-electron chi connectivity index (χ0n) is 10.8. The van der Waals surface area contributed by atoms with Crippen molar-refractivity contribution in [3.8, 4) is 0 Å². The average Bonchev–Trinajstić information content (AvgIpc) is 2.83. The first-order chi connectivity index (χ1) is 9.65. The Bertz CT molecular complexity index is 610. The van der Waals surface area contributed by atoms with E-state index in [9.17, 15) is 9.90 Å². The molecule has 0 amide bonds. The van der Waals surface area contributed by atoms with Gasteiger partial charge in [-0.2, -0.15) is 5.10 Å². The smallest absolute Gasteiger partial charge is 0.279 e. The van der Waals surface area contributed by atoms with Crippen LogP contribution in [0.1, 0.15) is 5.69 Å². The Kier molecular flexibility index (Phi) is 4.79. The van der Waals surface area contributed by atoms with E-state index in [0.717, 1.165) is 0 Å². The van der Waals surface area contributed by atoms with Gasteiger partial charge in [-0.05, 0) is 0 Å². The fourth-order valence-electron chi connectivity index (χ4n) is 1.96. The van der Waals surface area contributed by atoms with Crippen molar-refractivity contribution in [2.75, 3.05) is 26.3 Å². The summed E-state index contributed by atoms with van der Waals surface area (Å²) in [6.07, 6.45) is 0.398. The van der Waals surface area contributed by atoms with E-state index < -0.39 is 6.10 Å². The van der Waals surface area contributed by atoms with Crippen molar-refractivity contribution >= 4 is 11.0 Å². The molecule has 20 heavy (non-hydrogen) atoms. The van der Waals surface area contributed by atoms with E-state index in [1.54, 1.807) is 4.90 Å².